The summed E-state index contributed by atoms with van der Waals surface area (Å²) in [6, 6.07) is 14.0. The average Bonchev–Trinajstić information content (AvgIpc) is 2.59. The van der Waals surface area contributed by atoms with Gasteiger partial charge < -0.3 is 9.84 Å². The summed E-state index contributed by atoms with van der Waals surface area (Å²) in [5, 5.41) is 9.50. The summed E-state index contributed by atoms with van der Waals surface area (Å²) in [5.41, 5.74) is 7.59. The van der Waals surface area contributed by atoms with E-state index in [-0.39, 0.29) is 31.6 Å². The minimum absolute atomic E-state index is 0. The van der Waals surface area contributed by atoms with E-state index in [2.05, 4.69) is 64.1 Å². The van der Waals surface area contributed by atoms with Gasteiger partial charge in [0.15, 0.2) is 5.78 Å². The molecule has 0 saturated heterocycles. The smallest absolute Gasteiger partial charge is 0.155 e. The molecule has 1 aromatic heterocycles. The molecule has 161 valence electrons. The van der Waals surface area contributed by atoms with Crippen molar-refractivity contribution in [3.63, 3.8) is 0 Å². The Morgan fingerprint density at radius 3 is 2.17 bits per heavy atom. The maximum absolute atomic E-state index is 10.0. The summed E-state index contributed by atoms with van der Waals surface area (Å²) in [7, 11) is 1.69. The molecule has 0 aliphatic rings. The minimum atomic E-state index is -0.125. The number of benzene rings is 2. The molecule has 0 aliphatic carbocycles. The molecule has 1 radical (unpaired) electrons. The van der Waals surface area contributed by atoms with Gasteiger partial charge in [0.1, 0.15) is 5.75 Å². The predicted octanol–water partition coefficient (Wildman–Crippen LogP) is 5.98. The number of nitrogens with zero attached hydrogens (tertiary/aromatic N) is 1. The van der Waals surface area contributed by atoms with Crippen LogP contribution in [0.2, 0.25) is 0 Å². The van der Waals surface area contributed by atoms with Crippen LogP contribution in [0.25, 0.3) is 22.2 Å². The molecular formula is C25H28IrNO3-. The van der Waals surface area contributed by atoms with Crippen LogP contribution in [0.5, 0.6) is 5.75 Å². The van der Waals surface area contributed by atoms with Gasteiger partial charge in [0, 0.05) is 37.3 Å². The number of carbonyl (C=O) groups excluding carboxylic acids is 1. The fourth-order valence-electron chi connectivity index (χ4n) is 3.28. The Labute approximate surface area is 192 Å². The predicted molar refractivity (Wildman–Crippen MR) is 119 cm³/mol. The Hall–Kier alpha value is -2.49. The van der Waals surface area contributed by atoms with Crippen LogP contribution in [-0.2, 0) is 24.9 Å². The van der Waals surface area contributed by atoms with Gasteiger partial charge in [-0.1, -0.05) is 19.9 Å². The number of aryl methyl sites for hydroxylation is 4. The van der Waals surface area contributed by atoms with Gasteiger partial charge in [-0.3, -0.25) is 9.78 Å². The molecule has 3 rings (SSSR count). The minimum Gasteiger partial charge on any atom is -0.512 e. The first-order valence-electron chi connectivity index (χ1n) is 9.45. The Kier molecular flexibility index (Phi) is 9.41. The third kappa shape index (κ3) is 6.79. The number of ether oxygens (including phenoxy) is 1. The second kappa shape index (κ2) is 11.1. The Morgan fingerprint density at radius 1 is 1.03 bits per heavy atom. The van der Waals surface area contributed by atoms with Gasteiger partial charge in [-0.05, 0) is 51.0 Å². The van der Waals surface area contributed by atoms with Gasteiger partial charge >= 0.3 is 0 Å². The molecule has 0 unspecified atom stereocenters. The fraction of sp³-hybridized carbons (Fsp3) is 0.280. The summed E-state index contributed by atoms with van der Waals surface area (Å²) in [4.78, 5) is 14.9. The summed E-state index contributed by atoms with van der Waals surface area (Å²) < 4.78 is 5.59. The zero-order chi connectivity index (χ0) is 21.7. The van der Waals surface area contributed by atoms with Crippen molar-refractivity contribution in [3.8, 4) is 17.0 Å². The largest absolute Gasteiger partial charge is 0.512 e. The molecule has 0 bridgehead atoms. The van der Waals surface area contributed by atoms with Crippen molar-refractivity contribution in [1.29, 1.82) is 0 Å². The van der Waals surface area contributed by atoms with Gasteiger partial charge in [-0.2, -0.15) is 0 Å². The van der Waals surface area contributed by atoms with Crippen LogP contribution < -0.4 is 4.74 Å². The topological polar surface area (TPSA) is 59.4 Å². The second-order valence-electron chi connectivity index (χ2n) is 7.34. The zero-order valence-corrected chi connectivity index (χ0v) is 20.9. The van der Waals surface area contributed by atoms with Gasteiger partial charge in [-0.15, -0.1) is 34.9 Å². The van der Waals surface area contributed by atoms with Gasteiger partial charge in [0.05, 0.1) is 18.4 Å². The van der Waals surface area contributed by atoms with E-state index in [4.69, 9.17) is 14.8 Å². The molecule has 0 spiro atoms. The summed E-state index contributed by atoms with van der Waals surface area (Å²) in [6.07, 6.45) is 1.17. The number of hydrogen-bond acceptors (Lipinski definition) is 4. The molecule has 30 heavy (non-hydrogen) atoms. The van der Waals surface area contributed by atoms with E-state index in [0.29, 0.717) is 0 Å². The van der Waals surface area contributed by atoms with Crippen molar-refractivity contribution < 1.29 is 34.7 Å². The molecule has 0 aliphatic heterocycles. The quantitative estimate of drug-likeness (QED) is 0.235. The van der Waals surface area contributed by atoms with Crippen LogP contribution >= 0.6 is 0 Å². The summed E-state index contributed by atoms with van der Waals surface area (Å²) >= 11 is 0. The Bertz CT molecular complexity index is 1060. The molecule has 0 atom stereocenters. The maximum Gasteiger partial charge on any atom is 0.155 e. The summed E-state index contributed by atoms with van der Waals surface area (Å²) in [5.74, 6) is 0.730. The van der Waals surface area contributed by atoms with Crippen LogP contribution in [0.1, 0.15) is 36.1 Å². The Morgan fingerprint density at radius 2 is 1.67 bits per heavy atom. The van der Waals surface area contributed by atoms with Gasteiger partial charge in [0.25, 0.3) is 0 Å². The maximum atomic E-state index is 10.0. The molecule has 0 saturated carbocycles. The molecule has 2 aromatic carbocycles. The number of fused-ring (bicyclic) bond motifs is 1. The number of allylic oxidation sites excluding steroid dienone is 2. The fourth-order valence-corrected chi connectivity index (χ4v) is 3.28. The van der Waals surface area contributed by atoms with E-state index >= 15 is 0 Å². The third-order valence-corrected chi connectivity index (χ3v) is 4.29. The van der Waals surface area contributed by atoms with Crippen molar-refractivity contribution in [2.24, 2.45) is 0 Å². The SMILES string of the molecule is CC(=O)/C=C(/C)O.COc1cc2c(C)cc(C)cc2nc1-c1[c-]c(C)cc(C)c1.[Ir]. The number of aliphatic hydroxyl groups excluding tert-OH is 1. The first kappa shape index (κ1) is 25.5. The first-order valence-corrected chi connectivity index (χ1v) is 9.45. The van der Waals surface area contributed by atoms with Crippen molar-refractivity contribution in [3.05, 3.63) is 70.5 Å². The third-order valence-electron chi connectivity index (χ3n) is 4.29. The first-order chi connectivity index (χ1) is 13.6. The molecule has 3 aromatic rings. The van der Waals surface area contributed by atoms with Crippen LogP contribution in [-0.4, -0.2) is 23.0 Å². The zero-order valence-electron chi connectivity index (χ0n) is 18.5. The molecular weight excluding hydrogens is 554 g/mol. The molecule has 0 amide bonds. The molecule has 5 heteroatoms. The molecule has 1 N–H and O–H groups in total. The van der Waals surface area contributed by atoms with Crippen LogP contribution in [0.3, 0.4) is 0 Å². The van der Waals surface area contributed by atoms with E-state index in [1.807, 2.05) is 0 Å². The van der Waals surface area contributed by atoms with Gasteiger partial charge in [0.2, 0.25) is 0 Å². The second-order valence-corrected chi connectivity index (χ2v) is 7.34. The molecule has 4 nitrogen and oxygen atoms in total. The normalized spacial score (nSPS) is 10.7. The van der Waals surface area contributed by atoms with Crippen molar-refractivity contribution in [2.75, 3.05) is 7.11 Å². The number of rotatable bonds is 3. The monoisotopic (exact) mass is 583 g/mol. The number of aliphatic hydroxyl groups is 1. The average molecular weight is 583 g/mol. The number of pyridine rings is 1. The van der Waals surface area contributed by atoms with Crippen molar-refractivity contribution >= 4 is 16.7 Å². The van der Waals surface area contributed by atoms with E-state index in [1.54, 1.807) is 7.11 Å². The van der Waals surface area contributed by atoms with Gasteiger partial charge in [-0.25, -0.2) is 0 Å². The van der Waals surface area contributed by atoms with Crippen LogP contribution in [0.4, 0.5) is 0 Å². The number of carbonyl (C=O) groups is 1. The van der Waals surface area contributed by atoms with E-state index in [0.717, 1.165) is 33.5 Å². The van der Waals surface area contributed by atoms with E-state index in [9.17, 15) is 4.79 Å². The van der Waals surface area contributed by atoms with Crippen molar-refractivity contribution in [2.45, 2.75) is 41.5 Å². The van der Waals surface area contributed by atoms with Crippen molar-refractivity contribution in [1.82, 2.24) is 4.98 Å². The number of hydrogen-bond donors (Lipinski definition) is 1. The molecule has 0 fully saturated rings. The van der Waals surface area contributed by atoms with Crippen LogP contribution in [0.15, 0.2) is 42.2 Å². The standard InChI is InChI=1S/C20H20NO.C5H8O2.Ir/c1-12-6-13(2)9-16(8-12)20-19(22-5)11-17-15(4)7-14(3)10-18(17)21-20;1-4(6)3-5(2)7;/h6-8,10-11H,1-5H3;3,6H,1-2H3;/q-1;;/b;4-3-;. The van der Waals surface area contributed by atoms with Crippen LogP contribution in [0, 0.1) is 33.8 Å². The number of methoxy groups -OCH3 is 1. The molecule has 1 heterocycles. The van der Waals surface area contributed by atoms with E-state index < -0.39 is 0 Å². The summed E-state index contributed by atoms with van der Waals surface area (Å²) in [6.45, 7) is 11.2. The number of ketones is 1. The Balaban J connectivity index is 0.000000489. The number of aromatic nitrogens is 1. The van der Waals surface area contributed by atoms with E-state index in [1.165, 1.54) is 36.6 Å².